The number of hydrogen-bond donors (Lipinski definition) is 2. The summed E-state index contributed by atoms with van der Waals surface area (Å²) in [6, 6.07) is 0.114. The normalized spacial score (nSPS) is 22.9. The Hall–Kier alpha value is -0.810. The molecule has 2 atom stereocenters. The van der Waals surface area contributed by atoms with E-state index in [0.29, 0.717) is 12.5 Å². The number of nitrogens with one attached hydrogen (secondary N) is 1. The van der Waals surface area contributed by atoms with Gasteiger partial charge < -0.3 is 16.0 Å². The molecule has 0 radical (unpaired) electrons. The van der Waals surface area contributed by atoms with Crippen LogP contribution in [0.2, 0.25) is 0 Å². The predicted octanol–water partition coefficient (Wildman–Crippen LogP) is 1.16. The Bertz CT molecular complexity index is 342. The van der Waals surface area contributed by atoms with Gasteiger partial charge in [-0.1, -0.05) is 27.7 Å². The van der Waals surface area contributed by atoms with Gasteiger partial charge in [0.2, 0.25) is 11.8 Å². The van der Waals surface area contributed by atoms with Crippen LogP contribution in [0.1, 0.15) is 40.5 Å². The van der Waals surface area contributed by atoms with Gasteiger partial charge in [-0.15, -0.1) is 12.4 Å². The lowest BCUT2D eigenvalue weighted by atomic mass is 9.92. The zero-order valence-corrected chi connectivity index (χ0v) is 13.8. The van der Waals surface area contributed by atoms with Gasteiger partial charge in [0.1, 0.15) is 0 Å². The van der Waals surface area contributed by atoms with Crippen LogP contribution >= 0.6 is 12.4 Å². The van der Waals surface area contributed by atoms with E-state index in [1.165, 1.54) is 0 Å². The van der Waals surface area contributed by atoms with E-state index < -0.39 is 5.41 Å². The van der Waals surface area contributed by atoms with Gasteiger partial charge in [0.05, 0.1) is 6.54 Å². The Balaban J connectivity index is 0.00000361. The number of carbonyl (C=O) groups is 2. The van der Waals surface area contributed by atoms with Crippen LogP contribution in [0, 0.1) is 11.3 Å². The van der Waals surface area contributed by atoms with Gasteiger partial charge in [-0.25, -0.2) is 0 Å². The third-order valence-electron chi connectivity index (χ3n) is 3.65. The highest BCUT2D eigenvalue weighted by Gasteiger charge is 2.29. The SMILES string of the molecule is CC1CCN(C(=O)CNC(=O)C(C)(C)C)C(CN)C1.Cl. The number of halogens is 1. The largest absolute Gasteiger partial charge is 0.347 e. The fourth-order valence-corrected chi connectivity index (χ4v) is 2.33. The van der Waals surface area contributed by atoms with E-state index in [-0.39, 0.29) is 36.8 Å². The molecule has 3 N–H and O–H groups in total. The molecule has 2 amide bonds. The fourth-order valence-electron chi connectivity index (χ4n) is 2.33. The molecule has 1 aliphatic rings. The molecule has 6 heteroatoms. The summed E-state index contributed by atoms with van der Waals surface area (Å²) >= 11 is 0. The third kappa shape index (κ3) is 5.29. The van der Waals surface area contributed by atoms with E-state index in [0.717, 1.165) is 19.4 Å². The first-order valence-corrected chi connectivity index (χ1v) is 7.03. The average molecular weight is 306 g/mol. The molecule has 1 fully saturated rings. The Morgan fingerprint density at radius 2 is 1.95 bits per heavy atom. The lowest BCUT2D eigenvalue weighted by Crippen LogP contribution is -2.52. The maximum atomic E-state index is 12.2. The zero-order valence-electron chi connectivity index (χ0n) is 12.9. The molecule has 0 aliphatic carbocycles. The van der Waals surface area contributed by atoms with Crippen molar-refractivity contribution in [2.24, 2.45) is 17.1 Å². The Kier molecular flexibility index (Phi) is 7.52. The summed E-state index contributed by atoms with van der Waals surface area (Å²) in [4.78, 5) is 25.7. The zero-order chi connectivity index (χ0) is 14.6. The Labute approximate surface area is 128 Å². The lowest BCUT2D eigenvalue weighted by Gasteiger charge is -2.38. The second-order valence-electron chi connectivity index (χ2n) is 6.54. The van der Waals surface area contributed by atoms with Gasteiger partial charge in [-0.2, -0.15) is 0 Å². The second-order valence-corrected chi connectivity index (χ2v) is 6.54. The van der Waals surface area contributed by atoms with Crippen LogP contribution in [0.25, 0.3) is 0 Å². The molecule has 2 unspecified atom stereocenters. The number of nitrogens with zero attached hydrogens (tertiary/aromatic N) is 1. The molecule has 20 heavy (non-hydrogen) atoms. The number of amides is 2. The number of piperidine rings is 1. The van der Waals surface area contributed by atoms with Crippen molar-refractivity contribution in [2.75, 3.05) is 19.6 Å². The van der Waals surface area contributed by atoms with Gasteiger partial charge in [-0.05, 0) is 18.8 Å². The Morgan fingerprint density at radius 1 is 1.35 bits per heavy atom. The van der Waals surface area contributed by atoms with Crippen molar-refractivity contribution in [3.05, 3.63) is 0 Å². The molecule has 1 heterocycles. The number of rotatable bonds is 3. The number of nitrogens with two attached hydrogens (primary N) is 1. The molecule has 0 aromatic rings. The first-order chi connectivity index (χ1) is 8.75. The molecular formula is C14H28ClN3O2. The molecule has 118 valence electrons. The fraction of sp³-hybridized carbons (Fsp3) is 0.857. The van der Waals surface area contributed by atoms with Gasteiger partial charge >= 0.3 is 0 Å². The minimum Gasteiger partial charge on any atom is -0.347 e. The highest BCUT2D eigenvalue weighted by Crippen LogP contribution is 2.21. The molecular weight excluding hydrogens is 278 g/mol. The summed E-state index contributed by atoms with van der Waals surface area (Å²) in [7, 11) is 0. The molecule has 1 saturated heterocycles. The summed E-state index contributed by atoms with van der Waals surface area (Å²) in [5.74, 6) is 0.484. The van der Waals surface area contributed by atoms with Crippen molar-refractivity contribution in [3.8, 4) is 0 Å². The van der Waals surface area contributed by atoms with Gasteiger partial charge in [0.25, 0.3) is 0 Å². The minimum absolute atomic E-state index is 0. The average Bonchev–Trinajstić information content (AvgIpc) is 2.33. The maximum absolute atomic E-state index is 12.2. The minimum atomic E-state index is -0.468. The van der Waals surface area contributed by atoms with E-state index in [1.54, 1.807) is 0 Å². The van der Waals surface area contributed by atoms with E-state index in [9.17, 15) is 9.59 Å². The van der Waals surface area contributed by atoms with Crippen LogP contribution in [0.5, 0.6) is 0 Å². The monoisotopic (exact) mass is 305 g/mol. The molecule has 5 nitrogen and oxygen atoms in total. The van der Waals surface area contributed by atoms with E-state index in [1.807, 2.05) is 25.7 Å². The van der Waals surface area contributed by atoms with Crippen LogP contribution in [0.15, 0.2) is 0 Å². The number of likely N-dealkylation sites (tertiary alicyclic amines) is 1. The summed E-state index contributed by atoms with van der Waals surface area (Å²) in [6.07, 6.45) is 1.96. The van der Waals surface area contributed by atoms with Crippen LogP contribution in [0.3, 0.4) is 0 Å². The molecule has 0 aromatic carbocycles. The maximum Gasteiger partial charge on any atom is 0.242 e. The van der Waals surface area contributed by atoms with Crippen molar-refractivity contribution in [1.29, 1.82) is 0 Å². The summed E-state index contributed by atoms with van der Waals surface area (Å²) in [6.45, 7) is 8.98. The van der Waals surface area contributed by atoms with Gasteiger partial charge in [0.15, 0.2) is 0 Å². The van der Waals surface area contributed by atoms with E-state index in [4.69, 9.17) is 5.73 Å². The quantitative estimate of drug-likeness (QED) is 0.821. The standard InChI is InChI=1S/C14H27N3O2.ClH/c1-10-5-6-17(11(7-10)8-15)12(18)9-16-13(19)14(2,3)4;/h10-11H,5-9,15H2,1-4H3,(H,16,19);1H. The molecule has 0 saturated carbocycles. The first-order valence-electron chi connectivity index (χ1n) is 7.03. The molecule has 1 rings (SSSR count). The highest BCUT2D eigenvalue weighted by atomic mass is 35.5. The first kappa shape index (κ1) is 19.2. The lowest BCUT2D eigenvalue weighted by molar-refractivity contribution is -0.138. The van der Waals surface area contributed by atoms with Crippen molar-refractivity contribution < 1.29 is 9.59 Å². The van der Waals surface area contributed by atoms with Crippen LogP contribution < -0.4 is 11.1 Å². The van der Waals surface area contributed by atoms with Crippen molar-refractivity contribution in [3.63, 3.8) is 0 Å². The van der Waals surface area contributed by atoms with Crippen LogP contribution in [-0.4, -0.2) is 42.4 Å². The van der Waals surface area contributed by atoms with E-state index in [2.05, 4.69) is 12.2 Å². The molecule has 0 bridgehead atoms. The highest BCUT2D eigenvalue weighted by molar-refractivity contribution is 5.87. The summed E-state index contributed by atoms with van der Waals surface area (Å²) in [5.41, 5.74) is 5.27. The smallest absolute Gasteiger partial charge is 0.242 e. The van der Waals surface area contributed by atoms with Crippen LogP contribution in [-0.2, 0) is 9.59 Å². The van der Waals surface area contributed by atoms with Crippen molar-refractivity contribution in [1.82, 2.24) is 10.2 Å². The Morgan fingerprint density at radius 3 is 2.45 bits per heavy atom. The number of carbonyl (C=O) groups excluding carboxylic acids is 2. The molecule has 1 aliphatic heterocycles. The number of hydrogen-bond acceptors (Lipinski definition) is 3. The van der Waals surface area contributed by atoms with Crippen molar-refractivity contribution in [2.45, 2.75) is 46.6 Å². The van der Waals surface area contributed by atoms with E-state index >= 15 is 0 Å². The topological polar surface area (TPSA) is 75.4 Å². The summed E-state index contributed by atoms with van der Waals surface area (Å²) in [5, 5.41) is 2.70. The third-order valence-corrected chi connectivity index (χ3v) is 3.65. The van der Waals surface area contributed by atoms with Crippen LogP contribution in [0.4, 0.5) is 0 Å². The van der Waals surface area contributed by atoms with Crippen molar-refractivity contribution >= 4 is 24.2 Å². The summed E-state index contributed by atoms with van der Waals surface area (Å²) < 4.78 is 0. The molecule has 0 aromatic heterocycles. The second kappa shape index (κ2) is 7.84. The predicted molar refractivity (Wildman–Crippen MR) is 82.7 cm³/mol. The van der Waals surface area contributed by atoms with Gasteiger partial charge in [0, 0.05) is 24.5 Å². The van der Waals surface area contributed by atoms with Gasteiger partial charge in [-0.3, -0.25) is 9.59 Å². The molecule has 0 spiro atoms.